The predicted molar refractivity (Wildman–Crippen MR) is 74.3 cm³/mol. The Bertz CT molecular complexity index is 476. The van der Waals surface area contributed by atoms with Gasteiger partial charge in [0, 0.05) is 11.5 Å². The molecule has 0 bridgehead atoms. The maximum Gasteiger partial charge on any atom is 0.325 e. The number of rotatable bonds is 5. The number of benzene rings is 1. The molecule has 1 aromatic rings. The van der Waals surface area contributed by atoms with Crippen LogP contribution in [0.15, 0.2) is 22.7 Å². The first kappa shape index (κ1) is 15.5. The minimum Gasteiger partial charge on any atom is -0.496 e. The lowest BCUT2D eigenvalue weighted by Crippen LogP contribution is -2.33. The highest BCUT2D eigenvalue weighted by atomic mass is 79.9. The number of amides is 1. The lowest BCUT2D eigenvalue weighted by atomic mass is 10.2. The van der Waals surface area contributed by atoms with Crippen molar-refractivity contribution >= 4 is 27.8 Å². The number of methoxy groups -OCH3 is 1. The van der Waals surface area contributed by atoms with E-state index in [0.717, 1.165) is 4.47 Å². The van der Waals surface area contributed by atoms with Crippen molar-refractivity contribution in [1.29, 1.82) is 0 Å². The summed E-state index contributed by atoms with van der Waals surface area (Å²) in [4.78, 5) is 24.9. The van der Waals surface area contributed by atoms with Crippen molar-refractivity contribution in [2.45, 2.75) is 6.92 Å². The first-order valence-corrected chi connectivity index (χ1v) is 6.53. The fourth-order valence-electron chi connectivity index (χ4n) is 1.53. The van der Waals surface area contributed by atoms with Gasteiger partial charge in [-0.2, -0.15) is 0 Å². The fraction of sp³-hybridized carbons (Fsp3) is 0.385. The number of halogens is 1. The van der Waals surface area contributed by atoms with E-state index >= 15 is 0 Å². The summed E-state index contributed by atoms with van der Waals surface area (Å²) >= 11 is 3.30. The van der Waals surface area contributed by atoms with Crippen LogP contribution in [0.3, 0.4) is 0 Å². The van der Waals surface area contributed by atoms with E-state index in [0.29, 0.717) is 17.9 Å². The van der Waals surface area contributed by atoms with Gasteiger partial charge in [-0.05, 0) is 25.1 Å². The van der Waals surface area contributed by atoms with Crippen LogP contribution in [0.4, 0.5) is 0 Å². The van der Waals surface area contributed by atoms with Crippen molar-refractivity contribution in [3.63, 3.8) is 0 Å². The monoisotopic (exact) mass is 329 g/mol. The Morgan fingerprint density at radius 2 is 2.05 bits per heavy atom. The molecule has 19 heavy (non-hydrogen) atoms. The summed E-state index contributed by atoms with van der Waals surface area (Å²) in [5.41, 5.74) is 0.392. The van der Waals surface area contributed by atoms with Gasteiger partial charge in [0.1, 0.15) is 12.3 Å². The normalized spacial score (nSPS) is 9.89. The third-order valence-electron chi connectivity index (χ3n) is 2.41. The number of hydrogen-bond donors (Lipinski definition) is 0. The third kappa shape index (κ3) is 4.24. The van der Waals surface area contributed by atoms with Gasteiger partial charge in [-0.3, -0.25) is 9.59 Å². The molecule has 0 unspecified atom stereocenters. The first-order valence-electron chi connectivity index (χ1n) is 5.74. The van der Waals surface area contributed by atoms with Crippen LogP contribution in [0.5, 0.6) is 5.75 Å². The van der Waals surface area contributed by atoms with E-state index in [1.165, 1.54) is 12.0 Å². The third-order valence-corrected chi connectivity index (χ3v) is 2.90. The number of esters is 1. The molecule has 1 aromatic carbocycles. The summed E-state index contributed by atoms with van der Waals surface area (Å²) in [5, 5.41) is 0. The van der Waals surface area contributed by atoms with Crippen LogP contribution in [0, 0.1) is 0 Å². The quantitative estimate of drug-likeness (QED) is 0.776. The Balaban J connectivity index is 2.87. The highest BCUT2D eigenvalue weighted by Gasteiger charge is 2.19. The van der Waals surface area contributed by atoms with E-state index < -0.39 is 5.97 Å². The Kier molecular flexibility index (Phi) is 5.82. The van der Waals surface area contributed by atoms with Gasteiger partial charge >= 0.3 is 5.97 Å². The van der Waals surface area contributed by atoms with Crippen molar-refractivity contribution in [2.75, 3.05) is 27.3 Å². The summed E-state index contributed by atoms with van der Waals surface area (Å²) in [6.45, 7) is 1.92. The maximum absolute atomic E-state index is 12.2. The van der Waals surface area contributed by atoms with Crippen LogP contribution < -0.4 is 4.74 Å². The standard InChI is InChI=1S/C13H16BrNO4/c1-4-19-12(16)8-15(2)13(17)10-7-9(14)5-6-11(10)18-3/h5-7H,4,8H2,1-3H3. The maximum atomic E-state index is 12.2. The van der Waals surface area contributed by atoms with Crippen LogP contribution in [0.25, 0.3) is 0 Å². The second kappa shape index (κ2) is 7.13. The van der Waals surface area contributed by atoms with Crippen molar-refractivity contribution in [2.24, 2.45) is 0 Å². The number of ether oxygens (including phenoxy) is 2. The smallest absolute Gasteiger partial charge is 0.325 e. The van der Waals surface area contributed by atoms with E-state index in [1.807, 2.05) is 0 Å². The van der Waals surface area contributed by atoms with E-state index in [9.17, 15) is 9.59 Å². The molecule has 0 heterocycles. The summed E-state index contributed by atoms with van der Waals surface area (Å²) in [5.74, 6) is -0.276. The molecule has 0 spiro atoms. The zero-order valence-electron chi connectivity index (χ0n) is 11.1. The molecule has 6 heteroatoms. The molecule has 1 amide bonds. The number of hydrogen-bond acceptors (Lipinski definition) is 4. The first-order chi connectivity index (χ1) is 8.99. The minimum atomic E-state index is -0.438. The molecule has 0 N–H and O–H groups in total. The number of carbonyl (C=O) groups is 2. The van der Waals surface area contributed by atoms with Crippen LogP contribution in [0.1, 0.15) is 17.3 Å². The molecule has 104 valence electrons. The topological polar surface area (TPSA) is 55.8 Å². The van der Waals surface area contributed by atoms with Crippen molar-refractivity contribution in [1.82, 2.24) is 4.90 Å². The molecule has 0 radical (unpaired) electrons. The van der Waals surface area contributed by atoms with Gasteiger partial charge in [-0.15, -0.1) is 0 Å². The minimum absolute atomic E-state index is 0.0949. The van der Waals surface area contributed by atoms with Gasteiger partial charge in [-0.1, -0.05) is 15.9 Å². The van der Waals surface area contributed by atoms with Crippen LogP contribution in [-0.2, 0) is 9.53 Å². The zero-order valence-corrected chi connectivity index (χ0v) is 12.7. The second-order valence-electron chi connectivity index (χ2n) is 3.81. The van der Waals surface area contributed by atoms with Gasteiger partial charge in [0.15, 0.2) is 0 Å². The van der Waals surface area contributed by atoms with Crippen LogP contribution in [0.2, 0.25) is 0 Å². The number of nitrogens with zero attached hydrogens (tertiary/aromatic N) is 1. The van der Waals surface area contributed by atoms with Gasteiger partial charge < -0.3 is 14.4 Å². The average Bonchev–Trinajstić information content (AvgIpc) is 2.37. The summed E-state index contributed by atoms with van der Waals surface area (Å²) in [6, 6.07) is 5.12. The summed E-state index contributed by atoms with van der Waals surface area (Å²) in [6.07, 6.45) is 0. The second-order valence-corrected chi connectivity index (χ2v) is 4.73. The summed E-state index contributed by atoms with van der Waals surface area (Å²) < 4.78 is 10.7. The molecule has 0 aliphatic heterocycles. The fourth-order valence-corrected chi connectivity index (χ4v) is 1.89. The SMILES string of the molecule is CCOC(=O)CN(C)C(=O)c1cc(Br)ccc1OC. The number of carbonyl (C=O) groups excluding carboxylic acids is 2. The molecule has 0 atom stereocenters. The molecule has 0 saturated heterocycles. The molecular weight excluding hydrogens is 314 g/mol. The van der Waals surface area contributed by atoms with Gasteiger partial charge in [0.2, 0.25) is 0 Å². The largest absolute Gasteiger partial charge is 0.496 e. The molecule has 0 aromatic heterocycles. The van der Waals surface area contributed by atoms with Gasteiger partial charge in [0.25, 0.3) is 5.91 Å². The Hall–Kier alpha value is -1.56. The average molecular weight is 330 g/mol. The van der Waals surface area contributed by atoms with E-state index in [2.05, 4.69) is 15.9 Å². The van der Waals surface area contributed by atoms with Crippen molar-refractivity contribution < 1.29 is 19.1 Å². The van der Waals surface area contributed by atoms with Gasteiger partial charge in [0.05, 0.1) is 19.3 Å². The molecule has 0 fully saturated rings. The zero-order chi connectivity index (χ0) is 14.4. The molecule has 0 aliphatic rings. The Morgan fingerprint density at radius 3 is 2.63 bits per heavy atom. The van der Waals surface area contributed by atoms with E-state index in [4.69, 9.17) is 9.47 Å². The lowest BCUT2D eigenvalue weighted by molar-refractivity contribution is -0.143. The molecule has 0 saturated carbocycles. The van der Waals surface area contributed by atoms with E-state index in [1.54, 1.807) is 32.2 Å². The Labute approximate surface area is 120 Å². The highest BCUT2D eigenvalue weighted by molar-refractivity contribution is 9.10. The van der Waals surface area contributed by atoms with Crippen LogP contribution >= 0.6 is 15.9 Å². The van der Waals surface area contributed by atoms with Crippen LogP contribution in [-0.4, -0.2) is 44.1 Å². The summed E-state index contributed by atoms with van der Waals surface area (Å²) in [7, 11) is 3.03. The number of likely N-dealkylation sites (N-methyl/N-ethyl adjacent to an activating group) is 1. The molecule has 0 aliphatic carbocycles. The van der Waals surface area contributed by atoms with Crippen molar-refractivity contribution in [3.8, 4) is 5.75 Å². The van der Waals surface area contributed by atoms with Crippen molar-refractivity contribution in [3.05, 3.63) is 28.2 Å². The van der Waals surface area contributed by atoms with Gasteiger partial charge in [-0.25, -0.2) is 0 Å². The highest BCUT2D eigenvalue weighted by Crippen LogP contribution is 2.24. The molecule has 5 nitrogen and oxygen atoms in total. The van der Waals surface area contributed by atoms with E-state index in [-0.39, 0.29) is 12.5 Å². The Morgan fingerprint density at radius 1 is 1.37 bits per heavy atom. The lowest BCUT2D eigenvalue weighted by Gasteiger charge is -2.17. The molecular formula is C13H16BrNO4. The predicted octanol–water partition coefficient (Wildman–Crippen LogP) is 2.09. The molecule has 1 rings (SSSR count).